The van der Waals surface area contributed by atoms with Crippen LogP contribution >= 0.6 is 15.9 Å². The normalized spacial score (nSPS) is 15.2. The lowest BCUT2D eigenvalue weighted by atomic mass is 9.90. The molecule has 0 bridgehead atoms. The minimum Gasteiger partial charge on any atom is -0.313 e. The second-order valence-electron chi connectivity index (χ2n) is 5.20. The number of nitrogens with one attached hydrogen (secondary N) is 1. The largest absolute Gasteiger partial charge is 0.416 e. The average Bonchev–Trinajstić information content (AvgIpc) is 2.35. The van der Waals surface area contributed by atoms with Crippen LogP contribution in [0, 0.1) is 5.92 Å². The Hall–Kier alpha value is -0.550. The van der Waals surface area contributed by atoms with E-state index in [-0.39, 0.29) is 6.04 Å². The van der Waals surface area contributed by atoms with Gasteiger partial charge in [0.15, 0.2) is 0 Å². The molecule has 1 nitrogen and oxygen atoms in total. The van der Waals surface area contributed by atoms with Crippen LogP contribution in [0.2, 0.25) is 0 Å². The van der Waals surface area contributed by atoms with Crippen molar-refractivity contribution in [2.45, 2.75) is 45.3 Å². The summed E-state index contributed by atoms with van der Waals surface area (Å²) in [6, 6.07) is 4.11. The highest BCUT2D eigenvalue weighted by molar-refractivity contribution is 9.10. The molecule has 114 valence electrons. The van der Waals surface area contributed by atoms with Gasteiger partial charge in [0.05, 0.1) is 5.56 Å². The molecule has 1 aromatic carbocycles. The molecular weight excluding hydrogens is 331 g/mol. The summed E-state index contributed by atoms with van der Waals surface area (Å²) < 4.78 is 39.9. The first kappa shape index (κ1) is 17.5. The third-order valence-electron chi connectivity index (χ3n) is 3.46. The molecule has 0 saturated carbocycles. The molecule has 0 radical (unpaired) electrons. The first-order chi connectivity index (χ1) is 9.29. The van der Waals surface area contributed by atoms with E-state index in [0.29, 0.717) is 22.4 Å². The summed E-state index contributed by atoms with van der Waals surface area (Å²) >= 11 is 3.12. The fourth-order valence-corrected chi connectivity index (χ4v) is 2.85. The van der Waals surface area contributed by atoms with Crippen molar-refractivity contribution >= 4 is 15.9 Å². The van der Waals surface area contributed by atoms with E-state index in [0.717, 1.165) is 18.9 Å². The van der Waals surface area contributed by atoms with Crippen molar-refractivity contribution in [3.8, 4) is 0 Å². The third kappa shape index (κ3) is 4.77. The summed E-state index contributed by atoms with van der Waals surface area (Å²) in [6.45, 7) is 4.17. The maximum atomic E-state index is 13.2. The maximum absolute atomic E-state index is 13.2. The molecule has 5 heteroatoms. The maximum Gasteiger partial charge on any atom is 0.416 e. The van der Waals surface area contributed by atoms with Gasteiger partial charge in [-0.2, -0.15) is 13.2 Å². The highest BCUT2D eigenvalue weighted by atomic mass is 79.9. The fraction of sp³-hybridized carbons (Fsp3) is 0.600. The summed E-state index contributed by atoms with van der Waals surface area (Å²) in [5, 5.41) is 3.02. The quantitative estimate of drug-likeness (QED) is 0.707. The van der Waals surface area contributed by atoms with E-state index < -0.39 is 11.7 Å². The average molecular weight is 352 g/mol. The highest BCUT2D eigenvalue weighted by Crippen LogP contribution is 2.38. The highest BCUT2D eigenvalue weighted by Gasteiger charge is 2.35. The fourth-order valence-electron chi connectivity index (χ4n) is 2.49. The molecule has 0 heterocycles. The molecule has 0 aromatic heterocycles. The Morgan fingerprint density at radius 3 is 2.45 bits per heavy atom. The van der Waals surface area contributed by atoms with Gasteiger partial charge in [0.2, 0.25) is 0 Å². The van der Waals surface area contributed by atoms with Crippen LogP contribution in [0.5, 0.6) is 0 Å². The Kier molecular flexibility index (Phi) is 6.52. The number of hydrogen-bond acceptors (Lipinski definition) is 1. The van der Waals surface area contributed by atoms with E-state index in [1.54, 1.807) is 19.2 Å². The first-order valence-electron chi connectivity index (χ1n) is 6.83. The van der Waals surface area contributed by atoms with Gasteiger partial charge in [-0.25, -0.2) is 0 Å². The number of benzene rings is 1. The Labute approximate surface area is 127 Å². The van der Waals surface area contributed by atoms with E-state index in [2.05, 4.69) is 35.1 Å². The van der Waals surface area contributed by atoms with Crippen molar-refractivity contribution in [1.82, 2.24) is 5.32 Å². The summed E-state index contributed by atoms with van der Waals surface area (Å²) in [5.74, 6) is 0.391. The molecule has 0 aliphatic carbocycles. The van der Waals surface area contributed by atoms with Gasteiger partial charge in [0.25, 0.3) is 0 Å². The zero-order valence-electron chi connectivity index (χ0n) is 12.0. The minimum absolute atomic E-state index is 0.277. The van der Waals surface area contributed by atoms with Crippen molar-refractivity contribution in [3.05, 3.63) is 33.8 Å². The molecule has 1 rings (SSSR count). The van der Waals surface area contributed by atoms with Crippen molar-refractivity contribution in [1.29, 1.82) is 0 Å². The van der Waals surface area contributed by atoms with Crippen LogP contribution in [0.15, 0.2) is 22.7 Å². The lowest BCUT2D eigenvalue weighted by molar-refractivity contribution is -0.138. The van der Waals surface area contributed by atoms with Crippen molar-refractivity contribution in [2.24, 2.45) is 5.92 Å². The third-order valence-corrected chi connectivity index (χ3v) is 3.96. The van der Waals surface area contributed by atoms with Crippen LogP contribution < -0.4 is 5.32 Å². The van der Waals surface area contributed by atoms with Gasteiger partial charge in [-0.05, 0) is 37.1 Å². The van der Waals surface area contributed by atoms with Gasteiger partial charge in [0, 0.05) is 10.5 Å². The van der Waals surface area contributed by atoms with E-state index in [9.17, 15) is 13.2 Å². The van der Waals surface area contributed by atoms with Crippen molar-refractivity contribution < 1.29 is 13.2 Å². The van der Waals surface area contributed by atoms with Crippen LogP contribution in [0.3, 0.4) is 0 Å². The molecule has 0 fully saturated rings. The monoisotopic (exact) mass is 351 g/mol. The van der Waals surface area contributed by atoms with Crippen molar-refractivity contribution in [2.75, 3.05) is 7.05 Å². The van der Waals surface area contributed by atoms with Crippen LogP contribution in [-0.4, -0.2) is 7.05 Å². The molecule has 2 atom stereocenters. The summed E-state index contributed by atoms with van der Waals surface area (Å²) in [6.07, 6.45) is -1.56. The Morgan fingerprint density at radius 2 is 1.95 bits per heavy atom. The molecule has 20 heavy (non-hydrogen) atoms. The van der Waals surface area contributed by atoms with E-state index in [1.165, 1.54) is 0 Å². The number of alkyl halides is 3. The van der Waals surface area contributed by atoms with Crippen LogP contribution in [0.25, 0.3) is 0 Å². The van der Waals surface area contributed by atoms with E-state index in [4.69, 9.17) is 0 Å². The van der Waals surface area contributed by atoms with Crippen LogP contribution in [0.1, 0.15) is 50.3 Å². The van der Waals surface area contributed by atoms with Gasteiger partial charge in [-0.3, -0.25) is 0 Å². The van der Waals surface area contributed by atoms with Gasteiger partial charge in [0.1, 0.15) is 0 Å². The first-order valence-corrected chi connectivity index (χ1v) is 7.62. The zero-order valence-corrected chi connectivity index (χ0v) is 13.6. The van der Waals surface area contributed by atoms with Gasteiger partial charge >= 0.3 is 6.18 Å². The number of halogens is 4. The van der Waals surface area contributed by atoms with Crippen LogP contribution in [-0.2, 0) is 6.18 Å². The number of rotatable bonds is 6. The van der Waals surface area contributed by atoms with Crippen molar-refractivity contribution in [3.63, 3.8) is 0 Å². The summed E-state index contributed by atoms with van der Waals surface area (Å²) in [5.41, 5.74) is -0.235. The molecule has 0 amide bonds. The Bertz CT molecular complexity index is 432. The number of hydrogen-bond donors (Lipinski definition) is 1. The summed E-state index contributed by atoms with van der Waals surface area (Å²) in [4.78, 5) is 0. The standard InChI is InChI=1S/C15H21BrF3N/c1-4-5-10(2)8-14(20-3)12-7-6-11(16)9-13(12)15(17,18)19/h6-7,9-10,14,20H,4-5,8H2,1-3H3. The Balaban J connectivity index is 3.09. The zero-order chi connectivity index (χ0) is 15.3. The molecule has 0 aliphatic rings. The van der Waals surface area contributed by atoms with E-state index in [1.807, 2.05) is 0 Å². The summed E-state index contributed by atoms with van der Waals surface area (Å²) in [7, 11) is 1.71. The van der Waals surface area contributed by atoms with Gasteiger partial charge in [-0.1, -0.05) is 48.7 Å². The van der Waals surface area contributed by atoms with Gasteiger partial charge < -0.3 is 5.32 Å². The minimum atomic E-state index is -4.33. The van der Waals surface area contributed by atoms with Gasteiger partial charge in [-0.15, -0.1) is 0 Å². The molecular formula is C15H21BrF3N. The van der Waals surface area contributed by atoms with Crippen LogP contribution in [0.4, 0.5) is 13.2 Å². The predicted molar refractivity (Wildman–Crippen MR) is 79.6 cm³/mol. The second kappa shape index (κ2) is 7.46. The lowest BCUT2D eigenvalue weighted by Crippen LogP contribution is -2.23. The second-order valence-corrected chi connectivity index (χ2v) is 6.12. The molecule has 0 aliphatic heterocycles. The molecule has 1 N–H and O–H groups in total. The topological polar surface area (TPSA) is 12.0 Å². The Morgan fingerprint density at radius 1 is 1.30 bits per heavy atom. The SMILES string of the molecule is CCCC(C)CC(NC)c1ccc(Br)cc1C(F)(F)F. The predicted octanol–water partition coefficient (Wildman–Crippen LogP) is 5.55. The molecule has 1 aromatic rings. The molecule has 2 unspecified atom stereocenters. The van der Waals surface area contributed by atoms with E-state index >= 15 is 0 Å². The smallest absolute Gasteiger partial charge is 0.313 e. The molecule has 0 spiro atoms. The molecule has 0 saturated heterocycles. The lowest BCUT2D eigenvalue weighted by Gasteiger charge is -2.24.